The second kappa shape index (κ2) is 6.42. The molecule has 0 aromatic carbocycles. The molecule has 0 saturated heterocycles. The van der Waals surface area contributed by atoms with E-state index < -0.39 is 10.8 Å². The smallest absolute Gasteiger partial charge is 0.309 e. The zero-order valence-corrected chi connectivity index (χ0v) is 10.3. The Bertz CT molecular complexity index is 351. The highest BCUT2D eigenvalue weighted by molar-refractivity contribution is 7.85. The van der Waals surface area contributed by atoms with Crippen LogP contribution >= 0.6 is 0 Å². The van der Waals surface area contributed by atoms with E-state index >= 15 is 0 Å². The number of methoxy groups -OCH3 is 1. The Balaban J connectivity index is 2.28. The topological polar surface area (TPSA) is 61.2 Å². The van der Waals surface area contributed by atoms with Gasteiger partial charge in [0.2, 0.25) is 0 Å². The summed E-state index contributed by atoms with van der Waals surface area (Å²) in [4.78, 5) is 11.1. The van der Waals surface area contributed by atoms with E-state index in [1.165, 1.54) is 7.11 Å². The van der Waals surface area contributed by atoms with Crippen molar-refractivity contribution in [3.63, 3.8) is 0 Å². The van der Waals surface area contributed by atoms with Gasteiger partial charge in [0, 0.05) is 34.7 Å². The third-order valence-electron chi connectivity index (χ3n) is 2.15. The fourth-order valence-electron chi connectivity index (χ4n) is 1.26. The minimum absolute atomic E-state index is 0.313. The largest absolute Gasteiger partial charge is 0.469 e. The standard InChI is InChI=1S/C10H16N2O3S/c1-9(10(13)15-2)8-16(14)7-6-12-5-3-4-11-12/h3-5,9H,6-8H2,1-2H3. The molecule has 0 radical (unpaired) electrons. The Hall–Kier alpha value is -1.17. The van der Waals surface area contributed by atoms with Crippen LogP contribution in [-0.2, 0) is 26.9 Å². The molecule has 6 heteroatoms. The second-order valence-electron chi connectivity index (χ2n) is 3.50. The predicted molar refractivity (Wildman–Crippen MR) is 61.3 cm³/mol. The highest BCUT2D eigenvalue weighted by atomic mass is 32.2. The zero-order valence-electron chi connectivity index (χ0n) is 9.46. The van der Waals surface area contributed by atoms with Crippen molar-refractivity contribution < 1.29 is 13.7 Å². The predicted octanol–water partition coefficient (Wildman–Crippen LogP) is 0.441. The van der Waals surface area contributed by atoms with Gasteiger partial charge in [-0.1, -0.05) is 6.92 Å². The summed E-state index contributed by atoms with van der Waals surface area (Å²) >= 11 is 0. The van der Waals surface area contributed by atoms with E-state index in [9.17, 15) is 9.00 Å². The lowest BCUT2D eigenvalue weighted by Crippen LogP contribution is -2.21. The number of hydrogen-bond donors (Lipinski definition) is 0. The van der Waals surface area contributed by atoms with Crippen molar-refractivity contribution in [2.45, 2.75) is 13.5 Å². The summed E-state index contributed by atoms with van der Waals surface area (Å²) in [5, 5.41) is 4.01. The van der Waals surface area contributed by atoms with Crippen molar-refractivity contribution in [2.75, 3.05) is 18.6 Å². The van der Waals surface area contributed by atoms with Gasteiger partial charge in [0.05, 0.1) is 19.6 Å². The molecule has 0 amide bonds. The molecule has 90 valence electrons. The minimum atomic E-state index is -1.02. The molecule has 0 spiro atoms. The van der Waals surface area contributed by atoms with E-state index in [0.717, 1.165) is 0 Å². The number of nitrogens with zero attached hydrogens (tertiary/aromatic N) is 2. The molecule has 2 unspecified atom stereocenters. The molecule has 0 N–H and O–H groups in total. The molecule has 1 rings (SSSR count). The maximum Gasteiger partial charge on any atom is 0.309 e. The number of aromatic nitrogens is 2. The summed E-state index contributed by atoms with van der Waals surface area (Å²) in [6.45, 7) is 2.32. The first-order chi connectivity index (χ1) is 7.63. The van der Waals surface area contributed by atoms with Gasteiger partial charge in [0.15, 0.2) is 0 Å². The van der Waals surface area contributed by atoms with Crippen LogP contribution in [-0.4, -0.2) is 38.6 Å². The fraction of sp³-hybridized carbons (Fsp3) is 0.600. The molecule has 0 aliphatic rings. The van der Waals surface area contributed by atoms with E-state index in [2.05, 4.69) is 9.84 Å². The van der Waals surface area contributed by atoms with Crippen LogP contribution in [0.25, 0.3) is 0 Å². The molecule has 1 aromatic heterocycles. The number of carbonyl (C=O) groups excluding carboxylic acids is 1. The summed E-state index contributed by atoms with van der Waals surface area (Å²) < 4.78 is 17.9. The van der Waals surface area contributed by atoms with Crippen LogP contribution in [0.2, 0.25) is 0 Å². The molecule has 16 heavy (non-hydrogen) atoms. The fourth-order valence-corrected chi connectivity index (χ4v) is 2.51. The lowest BCUT2D eigenvalue weighted by atomic mass is 10.2. The molecule has 0 aliphatic carbocycles. The quantitative estimate of drug-likeness (QED) is 0.681. The number of hydrogen-bond acceptors (Lipinski definition) is 4. The molecule has 0 aliphatic heterocycles. The summed E-state index contributed by atoms with van der Waals surface area (Å²) in [6.07, 6.45) is 3.50. The highest BCUT2D eigenvalue weighted by Crippen LogP contribution is 2.01. The van der Waals surface area contributed by atoms with E-state index in [1.807, 2.05) is 12.3 Å². The average molecular weight is 244 g/mol. The molecule has 5 nitrogen and oxygen atoms in total. The summed E-state index contributed by atoms with van der Waals surface area (Å²) in [7, 11) is 0.320. The number of rotatable bonds is 6. The van der Waals surface area contributed by atoms with Gasteiger partial charge in [-0.2, -0.15) is 5.10 Å². The third-order valence-corrected chi connectivity index (χ3v) is 3.66. The molecule has 0 fully saturated rings. The lowest BCUT2D eigenvalue weighted by Gasteiger charge is -2.08. The van der Waals surface area contributed by atoms with Crippen LogP contribution in [0.3, 0.4) is 0 Å². The van der Waals surface area contributed by atoms with Crippen LogP contribution in [0, 0.1) is 5.92 Å². The number of carbonyl (C=O) groups is 1. The molecule has 1 aromatic rings. The van der Waals surface area contributed by atoms with Crippen molar-refractivity contribution in [1.82, 2.24) is 9.78 Å². The molecular weight excluding hydrogens is 228 g/mol. The second-order valence-corrected chi connectivity index (χ2v) is 5.13. The summed E-state index contributed by atoms with van der Waals surface area (Å²) in [5.74, 6) is 0.215. The number of ether oxygens (including phenoxy) is 1. The zero-order chi connectivity index (χ0) is 12.0. The normalized spacial score (nSPS) is 14.4. The van der Waals surface area contributed by atoms with Gasteiger partial charge in [-0.15, -0.1) is 0 Å². The van der Waals surface area contributed by atoms with Crippen LogP contribution < -0.4 is 0 Å². The van der Waals surface area contributed by atoms with Gasteiger partial charge in [-0.05, 0) is 6.07 Å². The Morgan fingerprint density at radius 3 is 2.94 bits per heavy atom. The van der Waals surface area contributed by atoms with Crippen LogP contribution in [0.15, 0.2) is 18.5 Å². The van der Waals surface area contributed by atoms with Gasteiger partial charge >= 0.3 is 5.97 Å². The lowest BCUT2D eigenvalue weighted by molar-refractivity contribution is -0.144. The molecule has 0 saturated carbocycles. The van der Waals surface area contributed by atoms with E-state index in [1.54, 1.807) is 17.8 Å². The summed E-state index contributed by atoms with van der Waals surface area (Å²) in [5.41, 5.74) is 0. The first-order valence-corrected chi connectivity index (χ1v) is 6.52. The number of esters is 1. The molecule has 2 atom stereocenters. The highest BCUT2D eigenvalue weighted by Gasteiger charge is 2.16. The van der Waals surface area contributed by atoms with Crippen molar-refractivity contribution >= 4 is 16.8 Å². The average Bonchev–Trinajstić information content (AvgIpc) is 2.78. The van der Waals surface area contributed by atoms with Crippen LogP contribution in [0.4, 0.5) is 0 Å². The maximum absolute atomic E-state index is 11.6. The Labute approximate surface area is 97.2 Å². The third kappa shape index (κ3) is 4.14. The van der Waals surface area contributed by atoms with Gasteiger partial charge in [0.25, 0.3) is 0 Å². The summed E-state index contributed by atoms with van der Waals surface area (Å²) in [6, 6.07) is 1.82. The van der Waals surface area contributed by atoms with Crippen LogP contribution in [0.1, 0.15) is 6.92 Å². The molecular formula is C10H16N2O3S. The Morgan fingerprint density at radius 1 is 1.62 bits per heavy atom. The molecule has 1 heterocycles. The molecule has 0 bridgehead atoms. The van der Waals surface area contributed by atoms with Crippen molar-refractivity contribution in [2.24, 2.45) is 5.92 Å². The van der Waals surface area contributed by atoms with Crippen LogP contribution in [0.5, 0.6) is 0 Å². The van der Waals surface area contributed by atoms with Gasteiger partial charge in [-0.3, -0.25) is 13.7 Å². The van der Waals surface area contributed by atoms with Crippen molar-refractivity contribution in [1.29, 1.82) is 0 Å². The van der Waals surface area contributed by atoms with Crippen molar-refractivity contribution in [3.05, 3.63) is 18.5 Å². The Kier molecular flexibility index (Phi) is 5.18. The van der Waals surface area contributed by atoms with Crippen molar-refractivity contribution in [3.8, 4) is 0 Å². The van der Waals surface area contributed by atoms with E-state index in [4.69, 9.17) is 0 Å². The number of aryl methyl sites for hydroxylation is 1. The monoisotopic (exact) mass is 244 g/mol. The SMILES string of the molecule is COC(=O)C(C)CS(=O)CCn1cccn1. The van der Waals surface area contributed by atoms with Gasteiger partial charge < -0.3 is 4.74 Å². The first kappa shape index (κ1) is 12.9. The van der Waals surface area contributed by atoms with Gasteiger partial charge in [-0.25, -0.2) is 0 Å². The maximum atomic E-state index is 11.6. The van der Waals surface area contributed by atoms with Gasteiger partial charge in [0.1, 0.15) is 0 Å². The first-order valence-electron chi connectivity index (χ1n) is 5.03. The Morgan fingerprint density at radius 2 is 2.38 bits per heavy atom. The van der Waals surface area contributed by atoms with E-state index in [-0.39, 0.29) is 11.9 Å². The minimum Gasteiger partial charge on any atom is -0.469 e. The van der Waals surface area contributed by atoms with E-state index in [0.29, 0.717) is 18.1 Å².